The summed E-state index contributed by atoms with van der Waals surface area (Å²) in [6, 6.07) is 7.58. The largest absolute Gasteiger partial charge is 0.391 e. The summed E-state index contributed by atoms with van der Waals surface area (Å²) in [6.45, 7) is 5.12. The minimum Gasteiger partial charge on any atom is -0.391 e. The fourth-order valence-electron chi connectivity index (χ4n) is 2.72. The third-order valence-electron chi connectivity index (χ3n) is 4.23. The van der Waals surface area contributed by atoms with E-state index in [1.165, 1.54) is 0 Å². The fraction of sp³-hybridized carbons (Fsp3) is 0.412. The zero-order valence-electron chi connectivity index (χ0n) is 12.8. The Bertz CT molecular complexity index is 683. The number of benzene rings is 1. The van der Waals surface area contributed by atoms with Crippen molar-refractivity contribution < 1.29 is 9.90 Å². The lowest BCUT2D eigenvalue weighted by Crippen LogP contribution is -2.45. The van der Waals surface area contributed by atoms with Gasteiger partial charge in [-0.05, 0) is 31.4 Å². The van der Waals surface area contributed by atoms with Crippen LogP contribution in [-0.2, 0) is 0 Å². The number of likely N-dealkylation sites (tertiary alicyclic amines) is 1. The van der Waals surface area contributed by atoms with E-state index in [2.05, 4.69) is 4.98 Å². The summed E-state index contributed by atoms with van der Waals surface area (Å²) in [5.74, 6) is 0.244. The van der Waals surface area contributed by atoms with Gasteiger partial charge in [-0.3, -0.25) is 4.79 Å². The van der Waals surface area contributed by atoms with Crippen molar-refractivity contribution in [2.24, 2.45) is 5.92 Å². The molecule has 2 heterocycles. The minimum absolute atomic E-state index is 0.0141. The predicted molar refractivity (Wildman–Crippen MR) is 88.0 cm³/mol. The van der Waals surface area contributed by atoms with Crippen LogP contribution in [0, 0.1) is 12.8 Å². The molecule has 1 aliphatic rings. The van der Waals surface area contributed by atoms with Crippen molar-refractivity contribution in [1.82, 2.24) is 9.88 Å². The maximum atomic E-state index is 12.6. The van der Waals surface area contributed by atoms with Gasteiger partial charge in [0.2, 0.25) is 0 Å². The monoisotopic (exact) mass is 316 g/mol. The van der Waals surface area contributed by atoms with Gasteiger partial charge in [0.15, 0.2) is 0 Å². The lowest BCUT2D eigenvalue weighted by molar-refractivity contribution is 0.0248. The number of carbonyl (C=O) groups excluding carboxylic acids is 1. The lowest BCUT2D eigenvalue weighted by atomic mass is 9.95. The first kappa shape index (κ1) is 15.2. The summed E-state index contributed by atoms with van der Waals surface area (Å²) in [7, 11) is 0. The zero-order chi connectivity index (χ0) is 15.7. The van der Waals surface area contributed by atoms with E-state index in [-0.39, 0.29) is 11.8 Å². The van der Waals surface area contributed by atoms with Gasteiger partial charge in [0.05, 0.1) is 16.8 Å². The van der Waals surface area contributed by atoms with Crippen LogP contribution in [0.2, 0.25) is 0 Å². The second-order valence-corrected chi connectivity index (χ2v) is 6.98. The second kappa shape index (κ2) is 6.18. The van der Waals surface area contributed by atoms with Crippen LogP contribution in [0.25, 0.3) is 11.3 Å². The highest BCUT2D eigenvalue weighted by Gasteiger charge is 2.27. The van der Waals surface area contributed by atoms with Gasteiger partial charge in [-0.2, -0.15) is 0 Å². The zero-order valence-corrected chi connectivity index (χ0v) is 13.6. The molecule has 3 rings (SSSR count). The van der Waals surface area contributed by atoms with E-state index in [1.54, 1.807) is 16.2 Å². The molecule has 2 unspecified atom stereocenters. The van der Waals surface area contributed by atoms with E-state index in [4.69, 9.17) is 0 Å². The molecule has 4 nitrogen and oxygen atoms in total. The van der Waals surface area contributed by atoms with Crippen molar-refractivity contribution in [2.45, 2.75) is 26.4 Å². The molecule has 1 aliphatic heterocycles. The number of aryl methyl sites for hydroxylation is 1. The van der Waals surface area contributed by atoms with Gasteiger partial charge in [0.1, 0.15) is 0 Å². The Morgan fingerprint density at radius 3 is 2.95 bits per heavy atom. The summed E-state index contributed by atoms with van der Waals surface area (Å²) in [4.78, 5) is 18.9. The van der Waals surface area contributed by atoms with Crippen molar-refractivity contribution in [3.63, 3.8) is 0 Å². The van der Waals surface area contributed by atoms with Crippen molar-refractivity contribution in [3.05, 3.63) is 40.2 Å². The molecule has 1 fully saturated rings. The Morgan fingerprint density at radius 1 is 1.45 bits per heavy atom. The highest BCUT2D eigenvalue weighted by atomic mass is 32.1. The molecule has 1 aromatic carbocycles. The normalized spacial score (nSPS) is 21.9. The Kier molecular flexibility index (Phi) is 4.27. The highest BCUT2D eigenvalue weighted by molar-refractivity contribution is 7.09. The SMILES string of the molecule is Cc1nc(-c2cccc(C(=O)N3CCC(C)C(O)C3)c2)cs1. The molecule has 0 radical (unpaired) electrons. The smallest absolute Gasteiger partial charge is 0.253 e. The van der Waals surface area contributed by atoms with Crippen LogP contribution in [0.1, 0.15) is 28.7 Å². The van der Waals surface area contributed by atoms with Crippen LogP contribution in [0.15, 0.2) is 29.6 Å². The number of nitrogens with zero attached hydrogens (tertiary/aromatic N) is 2. The Labute approximate surface area is 134 Å². The molecule has 0 spiro atoms. The van der Waals surface area contributed by atoms with Crippen LogP contribution in [0.4, 0.5) is 0 Å². The number of aromatic nitrogens is 1. The molecule has 1 saturated heterocycles. The molecule has 0 bridgehead atoms. The van der Waals surface area contributed by atoms with E-state index >= 15 is 0 Å². The molecule has 116 valence electrons. The first-order valence-electron chi connectivity index (χ1n) is 7.54. The summed E-state index contributed by atoms with van der Waals surface area (Å²) in [6.07, 6.45) is 0.416. The number of aliphatic hydroxyl groups is 1. The number of aliphatic hydroxyl groups excluding tert-OH is 1. The Balaban J connectivity index is 1.81. The summed E-state index contributed by atoms with van der Waals surface area (Å²) in [5, 5.41) is 13.0. The molecule has 1 aromatic heterocycles. The van der Waals surface area contributed by atoms with Crippen LogP contribution >= 0.6 is 11.3 Å². The van der Waals surface area contributed by atoms with Crippen LogP contribution < -0.4 is 0 Å². The number of amides is 1. The molecule has 0 saturated carbocycles. The molecule has 1 N–H and O–H groups in total. The first-order chi connectivity index (χ1) is 10.5. The van der Waals surface area contributed by atoms with Gasteiger partial charge in [0, 0.05) is 29.6 Å². The molecule has 2 aromatic rings. The standard InChI is InChI=1S/C17H20N2O2S/c1-11-6-7-19(9-16(11)20)17(21)14-5-3-4-13(8-14)15-10-22-12(2)18-15/h3-5,8,10-11,16,20H,6-7,9H2,1-2H3. The minimum atomic E-state index is -0.429. The Morgan fingerprint density at radius 2 is 2.27 bits per heavy atom. The molecule has 22 heavy (non-hydrogen) atoms. The van der Waals surface area contributed by atoms with Gasteiger partial charge < -0.3 is 10.0 Å². The first-order valence-corrected chi connectivity index (χ1v) is 8.42. The fourth-order valence-corrected chi connectivity index (χ4v) is 3.35. The van der Waals surface area contributed by atoms with Crippen LogP contribution in [-0.4, -0.2) is 40.1 Å². The van der Waals surface area contributed by atoms with Crippen molar-refractivity contribution in [3.8, 4) is 11.3 Å². The number of hydrogen-bond donors (Lipinski definition) is 1. The van der Waals surface area contributed by atoms with Crippen LogP contribution in [0.5, 0.6) is 0 Å². The number of thiazole rings is 1. The van der Waals surface area contributed by atoms with E-state index < -0.39 is 6.10 Å². The number of hydrogen-bond acceptors (Lipinski definition) is 4. The van der Waals surface area contributed by atoms with Crippen LogP contribution in [0.3, 0.4) is 0 Å². The quantitative estimate of drug-likeness (QED) is 0.927. The molecular formula is C17H20N2O2S. The number of carbonyl (C=O) groups is 1. The highest BCUT2D eigenvalue weighted by Crippen LogP contribution is 2.24. The molecule has 2 atom stereocenters. The maximum Gasteiger partial charge on any atom is 0.253 e. The molecule has 5 heteroatoms. The lowest BCUT2D eigenvalue weighted by Gasteiger charge is -2.34. The topological polar surface area (TPSA) is 53.4 Å². The van der Waals surface area contributed by atoms with Gasteiger partial charge in [-0.25, -0.2) is 4.98 Å². The summed E-state index contributed by atoms with van der Waals surface area (Å²) < 4.78 is 0. The van der Waals surface area contributed by atoms with E-state index in [0.717, 1.165) is 22.7 Å². The van der Waals surface area contributed by atoms with E-state index in [9.17, 15) is 9.90 Å². The average Bonchev–Trinajstić information content (AvgIpc) is 2.96. The molecule has 0 aliphatic carbocycles. The number of piperidine rings is 1. The number of β-amino-alcohol motifs (C(OH)–C–C–N with tert-alkyl or cyclic N) is 1. The number of rotatable bonds is 2. The molecule has 1 amide bonds. The van der Waals surface area contributed by atoms with Gasteiger partial charge in [0.25, 0.3) is 5.91 Å². The van der Waals surface area contributed by atoms with Crippen molar-refractivity contribution >= 4 is 17.2 Å². The molecular weight excluding hydrogens is 296 g/mol. The van der Waals surface area contributed by atoms with E-state index in [1.807, 2.05) is 43.5 Å². The average molecular weight is 316 g/mol. The third-order valence-corrected chi connectivity index (χ3v) is 5.00. The maximum absolute atomic E-state index is 12.6. The van der Waals surface area contributed by atoms with Gasteiger partial charge in [-0.1, -0.05) is 19.1 Å². The summed E-state index contributed by atoms with van der Waals surface area (Å²) >= 11 is 1.60. The van der Waals surface area contributed by atoms with Crippen molar-refractivity contribution in [2.75, 3.05) is 13.1 Å². The Hall–Kier alpha value is -1.72. The predicted octanol–water partition coefficient (Wildman–Crippen LogP) is 2.96. The third kappa shape index (κ3) is 3.05. The van der Waals surface area contributed by atoms with Gasteiger partial charge in [-0.15, -0.1) is 11.3 Å². The van der Waals surface area contributed by atoms with Gasteiger partial charge >= 0.3 is 0 Å². The second-order valence-electron chi connectivity index (χ2n) is 5.92. The summed E-state index contributed by atoms with van der Waals surface area (Å²) in [5.41, 5.74) is 2.52. The van der Waals surface area contributed by atoms with E-state index in [0.29, 0.717) is 18.7 Å². The van der Waals surface area contributed by atoms with Crippen molar-refractivity contribution in [1.29, 1.82) is 0 Å².